The highest BCUT2D eigenvalue weighted by Gasteiger charge is 2.13. The molecule has 1 N–H and O–H groups in total. The van der Waals surface area contributed by atoms with E-state index in [4.69, 9.17) is 5.21 Å². The van der Waals surface area contributed by atoms with Crippen LogP contribution in [0, 0.1) is 0 Å². The van der Waals surface area contributed by atoms with Crippen LogP contribution >= 0.6 is 15.9 Å². The minimum absolute atomic E-state index is 0.388. The third-order valence-corrected chi connectivity index (χ3v) is 2.74. The second kappa shape index (κ2) is 5.53. The van der Waals surface area contributed by atoms with E-state index in [9.17, 15) is 0 Å². The number of nitrogens with zero attached hydrogens (tertiary/aromatic N) is 5. The summed E-state index contributed by atoms with van der Waals surface area (Å²) in [6.45, 7) is 0.537. The number of hydrogen-bond donors (Lipinski definition) is 1. The number of halogens is 1. The highest BCUT2D eigenvalue weighted by Crippen LogP contribution is 2.04. The maximum Gasteiger partial charge on any atom is 0.201 e. The Hall–Kier alpha value is -1.76. The van der Waals surface area contributed by atoms with Gasteiger partial charge in [-0.25, -0.2) is 4.68 Å². The van der Waals surface area contributed by atoms with E-state index in [1.165, 1.54) is 0 Å². The molecule has 7 heteroatoms. The summed E-state index contributed by atoms with van der Waals surface area (Å²) in [6, 6.07) is 9.81. The molecule has 0 spiro atoms. The van der Waals surface area contributed by atoms with Crippen LogP contribution in [-0.2, 0) is 6.54 Å². The normalized spacial score (nSPS) is 11.7. The molecule has 17 heavy (non-hydrogen) atoms. The summed E-state index contributed by atoms with van der Waals surface area (Å²) in [5.74, 6) is 0.452. The molecular formula is C10H10BrN5O. The monoisotopic (exact) mass is 295 g/mol. The van der Waals surface area contributed by atoms with E-state index in [0.29, 0.717) is 23.4 Å². The Bertz CT molecular complexity index is 510. The quantitative estimate of drug-likeness (QED) is 0.399. The molecule has 1 aromatic carbocycles. The molecule has 0 radical (unpaired) electrons. The first-order chi connectivity index (χ1) is 8.35. The van der Waals surface area contributed by atoms with Gasteiger partial charge in [-0.2, -0.15) is 0 Å². The Labute approximate surface area is 106 Å². The topological polar surface area (TPSA) is 76.2 Å². The van der Waals surface area contributed by atoms with E-state index in [1.807, 2.05) is 30.3 Å². The van der Waals surface area contributed by atoms with Gasteiger partial charge in [0.25, 0.3) is 0 Å². The molecule has 1 heterocycles. The van der Waals surface area contributed by atoms with Crippen molar-refractivity contribution in [1.29, 1.82) is 0 Å². The fourth-order valence-corrected chi connectivity index (χ4v) is 1.77. The lowest BCUT2D eigenvalue weighted by molar-refractivity contribution is 0.318. The van der Waals surface area contributed by atoms with Crippen LogP contribution in [-0.4, -0.2) is 36.5 Å². The van der Waals surface area contributed by atoms with Crippen LogP contribution in [0.25, 0.3) is 0 Å². The van der Waals surface area contributed by atoms with Crippen molar-refractivity contribution in [3.63, 3.8) is 0 Å². The predicted molar refractivity (Wildman–Crippen MR) is 65.5 cm³/mol. The number of tetrazole rings is 1. The number of hydrogen-bond acceptors (Lipinski definition) is 5. The average molecular weight is 296 g/mol. The first kappa shape index (κ1) is 11.7. The maximum absolute atomic E-state index is 8.84. The van der Waals surface area contributed by atoms with Crippen LogP contribution in [0.2, 0.25) is 0 Å². The van der Waals surface area contributed by atoms with E-state index in [2.05, 4.69) is 36.6 Å². The maximum atomic E-state index is 8.84. The van der Waals surface area contributed by atoms with Gasteiger partial charge >= 0.3 is 0 Å². The lowest BCUT2D eigenvalue weighted by Crippen LogP contribution is -2.14. The van der Waals surface area contributed by atoms with Gasteiger partial charge in [-0.05, 0) is 16.0 Å². The van der Waals surface area contributed by atoms with Gasteiger partial charge in [0, 0.05) is 0 Å². The predicted octanol–water partition coefficient (Wildman–Crippen LogP) is 1.29. The minimum atomic E-state index is 0.388. The third kappa shape index (κ3) is 2.68. The Morgan fingerprint density at radius 3 is 2.76 bits per heavy atom. The van der Waals surface area contributed by atoms with Crippen molar-refractivity contribution in [3.05, 3.63) is 41.7 Å². The second-order valence-corrected chi connectivity index (χ2v) is 3.89. The zero-order valence-corrected chi connectivity index (χ0v) is 10.4. The average Bonchev–Trinajstić information content (AvgIpc) is 2.81. The second-order valence-electron chi connectivity index (χ2n) is 3.33. The molecule has 0 unspecified atom stereocenters. The van der Waals surface area contributed by atoms with Crippen LogP contribution in [0.15, 0.2) is 35.5 Å². The number of aromatic nitrogens is 4. The molecule has 2 aromatic rings. The van der Waals surface area contributed by atoms with Crippen molar-refractivity contribution >= 4 is 21.6 Å². The van der Waals surface area contributed by atoms with Crippen molar-refractivity contribution in [2.24, 2.45) is 5.16 Å². The number of benzene rings is 1. The van der Waals surface area contributed by atoms with Gasteiger partial charge in [-0.1, -0.05) is 51.4 Å². The van der Waals surface area contributed by atoms with Gasteiger partial charge in [-0.3, -0.25) is 0 Å². The zero-order chi connectivity index (χ0) is 12.1. The highest BCUT2D eigenvalue weighted by atomic mass is 79.9. The van der Waals surface area contributed by atoms with Crippen molar-refractivity contribution in [2.45, 2.75) is 6.54 Å². The molecule has 0 saturated heterocycles. The minimum Gasteiger partial charge on any atom is -0.411 e. The Balaban J connectivity index is 2.26. The molecule has 0 amide bonds. The van der Waals surface area contributed by atoms with Gasteiger partial charge in [-0.15, -0.1) is 5.10 Å². The van der Waals surface area contributed by atoms with Crippen LogP contribution in [0.3, 0.4) is 0 Å². The van der Waals surface area contributed by atoms with Crippen LogP contribution in [0.1, 0.15) is 11.4 Å². The molecule has 1 aromatic heterocycles. The lowest BCUT2D eigenvalue weighted by atomic mass is 10.2. The van der Waals surface area contributed by atoms with E-state index < -0.39 is 0 Å². The lowest BCUT2D eigenvalue weighted by Gasteiger charge is -2.04. The summed E-state index contributed by atoms with van der Waals surface area (Å²) >= 11 is 3.22. The summed E-state index contributed by atoms with van der Waals surface area (Å²) in [5.41, 5.74) is 1.47. The van der Waals surface area contributed by atoms with Crippen LogP contribution < -0.4 is 0 Å². The fraction of sp³-hybridized carbons (Fsp3) is 0.200. The Morgan fingerprint density at radius 1 is 1.35 bits per heavy atom. The molecule has 0 atom stereocenters. The van der Waals surface area contributed by atoms with Crippen molar-refractivity contribution in [3.8, 4) is 0 Å². The van der Waals surface area contributed by atoms with Gasteiger partial charge < -0.3 is 5.21 Å². The van der Waals surface area contributed by atoms with E-state index in [1.54, 1.807) is 4.68 Å². The summed E-state index contributed by atoms with van der Waals surface area (Å²) in [5, 5.41) is 23.7. The molecule has 2 rings (SSSR count). The molecule has 0 aliphatic heterocycles. The summed E-state index contributed by atoms with van der Waals surface area (Å²) in [4.78, 5) is 0. The molecule has 88 valence electrons. The van der Waals surface area contributed by atoms with Crippen molar-refractivity contribution in [1.82, 2.24) is 20.2 Å². The molecule has 6 nitrogen and oxygen atoms in total. The van der Waals surface area contributed by atoms with Gasteiger partial charge in [0.15, 0.2) is 0 Å². The van der Waals surface area contributed by atoms with E-state index in [0.717, 1.165) is 5.56 Å². The zero-order valence-electron chi connectivity index (χ0n) is 8.86. The summed E-state index contributed by atoms with van der Waals surface area (Å²) in [6.07, 6.45) is 0. The molecule has 0 aliphatic rings. The first-order valence-corrected chi connectivity index (χ1v) is 6.04. The molecule has 0 saturated carbocycles. The third-order valence-electron chi connectivity index (χ3n) is 2.21. The van der Waals surface area contributed by atoms with Gasteiger partial charge in [0.05, 0.1) is 11.9 Å². The molecule has 0 aliphatic carbocycles. The van der Waals surface area contributed by atoms with Crippen molar-refractivity contribution in [2.75, 3.05) is 5.33 Å². The Morgan fingerprint density at radius 2 is 2.12 bits per heavy atom. The van der Waals surface area contributed by atoms with Gasteiger partial charge in [0.2, 0.25) is 5.82 Å². The highest BCUT2D eigenvalue weighted by molar-refractivity contribution is 9.09. The molecule has 0 fully saturated rings. The van der Waals surface area contributed by atoms with E-state index in [-0.39, 0.29) is 0 Å². The summed E-state index contributed by atoms with van der Waals surface area (Å²) < 4.78 is 1.59. The van der Waals surface area contributed by atoms with Crippen LogP contribution in [0.4, 0.5) is 0 Å². The first-order valence-electron chi connectivity index (χ1n) is 4.92. The Kier molecular flexibility index (Phi) is 3.81. The number of oxime groups is 1. The van der Waals surface area contributed by atoms with Gasteiger partial charge in [0.1, 0.15) is 5.71 Å². The smallest absolute Gasteiger partial charge is 0.201 e. The number of alkyl halides is 1. The molecular weight excluding hydrogens is 286 g/mol. The largest absolute Gasteiger partial charge is 0.411 e. The fourth-order valence-electron chi connectivity index (χ4n) is 1.41. The standard InChI is InChI=1S/C10H10BrN5O/c11-6-9(13-17)10-12-14-15-16(10)7-8-4-2-1-3-5-8/h1-5,17H,6-7H2/b13-9+. The number of rotatable bonds is 4. The molecule has 0 bridgehead atoms. The van der Waals surface area contributed by atoms with Crippen LogP contribution in [0.5, 0.6) is 0 Å². The van der Waals surface area contributed by atoms with Crippen molar-refractivity contribution < 1.29 is 5.21 Å². The SMILES string of the molecule is O/N=C(\CBr)c1nnnn1Cc1ccccc1. The van der Waals surface area contributed by atoms with E-state index >= 15 is 0 Å². The summed E-state index contributed by atoms with van der Waals surface area (Å²) in [7, 11) is 0.